The maximum atomic E-state index is 12.5. The number of anilines is 1. The van der Waals surface area contributed by atoms with E-state index >= 15 is 0 Å². The van der Waals surface area contributed by atoms with Crippen molar-refractivity contribution in [3.8, 4) is 0 Å². The Labute approximate surface area is 135 Å². The summed E-state index contributed by atoms with van der Waals surface area (Å²) in [5.74, 6) is -1.23. The van der Waals surface area contributed by atoms with Crippen molar-refractivity contribution in [1.29, 1.82) is 0 Å². The quantitative estimate of drug-likeness (QED) is 0.750. The van der Waals surface area contributed by atoms with E-state index in [4.69, 9.17) is 5.11 Å². The largest absolute Gasteiger partial charge is 0.481 e. The van der Waals surface area contributed by atoms with Gasteiger partial charge in [-0.1, -0.05) is 13.8 Å². The number of hydrogen-bond donors (Lipinski definition) is 3. The molecule has 1 aromatic rings. The van der Waals surface area contributed by atoms with Crippen molar-refractivity contribution in [3.63, 3.8) is 0 Å². The summed E-state index contributed by atoms with van der Waals surface area (Å²) in [5.41, 5.74) is 1.40. The number of hydrogen-bond acceptors (Lipinski definition) is 3. The van der Waals surface area contributed by atoms with E-state index in [1.54, 1.807) is 18.2 Å². The maximum Gasteiger partial charge on any atom is 0.305 e. The third kappa shape index (κ3) is 3.88. The molecule has 1 aliphatic heterocycles. The molecule has 1 heterocycles. The molecule has 1 aliphatic rings. The number of carboxylic acid groups (broad SMARTS) is 1. The lowest BCUT2D eigenvalue weighted by Crippen LogP contribution is -2.49. The van der Waals surface area contributed by atoms with Gasteiger partial charge in [0, 0.05) is 17.7 Å². The molecule has 2 rings (SSSR count). The summed E-state index contributed by atoms with van der Waals surface area (Å²) in [6.45, 7) is 3.74. The van der Waals surface area contributed by atoms with Crippen molar-refractivity contribution < 1.29 is 19.5 Å². The van der Waals surface area contributed by atoms with Crippen molar-refractivity contribution in [1.82, 2.24) is 5.32 Å². The number of carbonyl (C=O) groups excluding carboxylic acids is 2. The molecule has 0 fully saturated rings. The smallest absolute Gasteiger partial charge is 0.305 e. The Kier molecular flexibility index (Phi) is 5.03. The Hall–Kier alpha value is -2.37. The third-order valence-corrected chi connectivity index (χ3v) is 4.48. The first-order valence-corrected chi connectivity index (χ1v) is 7.86. The number of carboxylic acids is 1. The van der Waals surface area contributed by atoms with Crippen LogP contribution >= 0.6 is 0 Å². The van der Waals surface area contributed by atoms with E-state index in [0.717, 1.165) is 11.3 Å². The molecule has 0 spiro atoms. The predicted octanol–water partition coefficient (Wildman–Crippen LogP) is 2.33. The molecule has 6 nitrogen and oxygen atoms in total. The molecule has 0 atom stereocenters. The number of carbonyl (C=O) groups is 3. The first-order valence-electron chi connectivity index (χ1n) is 7.86. The van der Waals surface area contributed by atoms with Gasteiger partial charge >= 0.3 is 5.97 Å². The van der Waals surface area contributed by atoms with Crippen LogP contribution < -0.4 is 10.6 Å². The van der Waals surface area contributed by atoms with Crippen LogP contribution in [0, 0.1) is 0 Å². The fraction of sp³-hybridized carbons (Fsp3) is 0.471. The number of fused-ring (bicyclic) bond motifs is 1. The summed E-state index contributed by atoms with van der Waals surface area (Å²) in [4.78, 5) is 35.0. The molecule has 0 unspecified atom stereocenters. The topological polar surface area (TPSA) is 95.5 Å². The fourth-order valence-corrected chi connectivity index (χ4v) is 2.85. The van der Waals surface area contributed by atoms with Gasteiger partial charge in [-0.15, -0.1) is 0 Å². The molecular weight excluding hydrogens is 296 g/mol. The molecule has 0 saturated heterocycles. The summed E-state index contributed by atoms with van der Waals surface area (Å²) in [6.07, 6.45) is 1.99. The van der Waals surface area contributed by atoms with Crippen LogP contribution in [0.5, 0.6) is 0 Å². The molecule has 3 N–H and O–H groups in total. The van der Waals surface area contributed by atoms with Gasteiger partial charge in [0.25, 0.3) is 5.91 Å². The number of aliphatic carboxylic acids is 1. The number of benzene rings is 1. The maximum absolute atomic E-state index is 12.5. The summed E-state index contributed by atoms with van der Waals surface area (Å²) >= 11 is 0. The summed E-state index contributed by atoms with van der Waals surface area (Å²) in [7, 11) is 0. The Morgan fingerprint density at radius 2 is 1.96 bits per heavy atom. The first-order chi connectivity index (χ1) is 10.9. The fourth-order valence-electron chi connectivity index (χ4n) is 2.85. The molecule has 23 heavy (non-hydrogen) atoms. The highest BCUT2D eigenvalue weighted by molar-refractivity contribution is 5.98. The van der Waals surface area contributed by atoms with Gasteiger partial charge in [-0.25, -0.2) is 0 Å². The lowest BCUT2D eigenvalue weighted by Gasteiger charge is -2.31. The minimum absolute atomic E-state index is 0.0212. The van der Waals surface area contributed by atoms with Gasteiger partial charge in [0.1, 0.15) is 0 Å². The monoisotopic (exact) mass is 318 g/mol. The normalized spacial score (nSPS) is 13.9. The second-order valence-electron chi connectivity index (χ2n) is 5.93. The Bertz CT molecular complexity index is 635. The number of nitrogens with one attached hydrogen (secondary N) is 2. The van der Waals surface area contributed by atoms with Crippen molar-refractivity contribution in [2.75, 3.05) is 5.32 Å². The molecule has 0 aliphatic carbocycles. The summed E-state index contributed by atoms with van der Waals surface area (Å²) in [5, 5.41) is 14.7. The van der Waals surface area contributed by atoms with Gasteiger partial charge in [-0.05, 0) is 43.0 Å². The Balaban J connectivity index is 2.19. The number of amides is 2. The lowest BCUT2D eigenvalue weighted by atomic mass is 9.88. The van der Waals surface area contributed by atoms with Gasteiger partial charge in [0.2, 0.25) is 5.91 Å². The van der Waals surface area contributed by atoms with Crippen LogP contribution in [0.25, 0.3) is 0 Å². The van der Waals surface area contributed by atoms with Crippen LogP contribution in [0.3, 0.4) is 0 Å². The molecule has 1 aromatic carbocycles. The molecule has 2 amide bonds. The molecule has 0 saturated carbocycles. The molecule has 124 valence electrons. The van der Waals surface area contributed by atoms with Crippen LogP contribution in [0.15, 0.2) is 18.2 Å². The van der Waals surface area contributed by atoms with Crippen molar-refractivity contribution in [3.05, 3.63) is 29.3 Å². The standard InChI is InChI=1S/C17H22N2O4/c1-3-17(4-2,10-15(21)22)19-16(23)12-5-7-13-11(9-12)6-8-14(20)18-13/h5,7,9H,3-4,6,8,10H2,1-2H3,(H,18,20)(H,19,23)(H,21,22). The van der Waals surface area contributed by atoms with E-state index in [2.05, 4.69) is 10.6 Å². The predicted molar refractivity (Wildman–Crippen MR) is 86.4 cm³/mol. The SMILES string of the molecule is CCC(CC)(CC(=O)O)NC(=O)c1ccc2c(c1)CCC(=O)N2. The molecule has 0 aromatic heterocycles. The number of aryl methyl sites for hydroxylation is 1. The number of rotatable bonds is 6. The van der Waals surface area contributed by atoms with E-state index in [1.165, 1.54) is 0 Å². The van der Waals surface area contributed by atoms with Crippen LogP contribution in [-0.2, 0) is 16.0 Å². The van der Waals surface area contributed by atoms with E-state index < -0.39 is 11.5 Å². The van der Waals surface area contributed by atoms with Crippen LogP contribution in [-0.4, -0.2) is 28.4 Å². The van der Waals surface area contributed by atoms with Gasteiger partial charge < -0.3 is 15.7 Å². The molecule has 6 heteroatoms. The highest BCUT2D eigenvalue weighted by Crippen LogP contribution is 2.25. The zero-order valence-electron chi connectivity index (χ0n) is 13.4. The van der Waals surface area contributed by atoms with E-state index in [-0.39, 0.29) is 18.2 Å². The first kappa shape index (κ1) is 17.0. The van der Waals surface area contributed by atoms with Crippen molar-refractivity contribution in [2.45, 2.75) is 51.5 Å². The second-order valence-corrected chi connectivity index (χ2v) is 5.93. The molecular formula is C17H22N2O4. The minimum atomic E-state index is -0.929. The van der Waals surface area contributed by atoms with E-state index in [0.29, 0.717) is 31.2 Å². The minimum Gasteiger partial charge on any atom is -0.481 e. The van der Waals surface area contributed by atoms with E-state index in [9.17, 15) is 14.4 Å². The highest BCUT2D eigenvalue weighted by Gasteiger charge is 2.31. The van der Waals surface area contributed by atoms with Crippen LogP contribution in [0.1, 0.15) is 55.5 Å². The molecule has 0 bridgehead atoms. The van der Waals surface area contributed by atoms with Crippen LogP contribution in [0.2, 0.25) is 0 Å². The zero-order valence-corrected chi connectivity index (χ0v) is 13.4. The Morgan fingerprint density at radius 1 is 1.26 bits per heavy atom. The summed E-state index contributed by atoms with van der Waals surface area (Å²) in [6, 6.07) is 5.13. The third-order valence-electron chi connectivity index (χ3n) is 4.48. The molecule has 0 radical (unpaired) electrons. The van der Waals surface area contributed by atoms with Gasteiger partial charge in [-0.2, -0.15) is 0 Å². The van der Waals surface area contributed by atoms with Crippen molar-refractivity contribution in [2.24, 2.45) is 0 Å². The van der Waals surface area contributed by atoms with Gasteiger partial charge in [0.05, 0.1) is 12.0 Å². The average molecular weight is 318 g/mol. The van der Waals surface area contributed by atoms with Gasteiger partial charge in [-0.3, -0.25) is 14.4 Å². The Morgan fingerprint density at radius 3 is 2.57 bits per heavy atom. The van der Waals surface area contributed by atoms with Gasteiger partial charge in [0.15, 0.2) is 0 Å². The highest BCUT2D eigenvalue weighted by atomic mass is 16.4. The van der Waals surface area contributed by atoms with E-state index in [1.807, 2.05) is 13.8 Å². The second kappa shape index (κ2) is 6.81. The average Bonchev–Trinajstić information content (AvgIpc) is 2.53. The lowest BCUT2D eigenvalue weighted by molar-refractivity contribution is -0.138. The van der Waals surface area contributed by atoms with Crippen molar-refractivity contribution >= 4 is 23.5 Å². The summed E-state index contributed by atoms with van der Waals surface area (Å²) < 4.78 is 0. The zero-order chi connectivity index (χ0) is 17.0. The van der Waals surface area contributed by atoms with Crippen LogP contribution in [0.4, 0.5) is 5.69 Å².